The maximum absolute atomic E-state index is 13.8. The largest absolute Gasteiger partial charge is 0.435 e. The van der Waals surface area contributed by atoms with Crippen molar-refractivity contribution in [3.63, 3.8) is 0 Å². The molecule has 4 rings (SSSR count). The van der Waals surface area contributed by atoms with E-state index in [0.29, 0.717) is 22.0 Å². The molecule has 0 fully saturated rings. The lowest BCUT2D eigenvalue weighted by molar-refractivity contribution is -0.140. The Morgan fingerprint density at radius 2 is 1.75 bits per heavy atom. The molecule has 8 heteroatoms. The first-order valence-corrected chi connectivity index (χ1v) is 8.52. The maximum atomic E-state index is 13.8. The van der Waals surface area contributed by atoms with Crippen molar-refractivity contribution in [3.05, 3.63) is 60.3 Å². The van der Waals surface area contributed by atoms with Gasteiger partial charge in [0.15, 0.2) is 11.3 Å². The van der Waals surface area contributed by atoms with Gasteiger partial charge >= 0.3 is 6.18 Å². The number of rotatable bonds is 3. The van der Waals surface area contributed by atoms with Crippen LogP contribution in [0.1, 0.15) is 5.69 Å². The van der Waals surface area contributed by atoms with Crippen molar-refractivity contribution in [2.45, 2.75) is 12.7 Å². The molecule has 28 heavy (non-hydrogen) atoms. The van der Waals surface area contributed by atoms with Gasteiger partial charge in [0.1, 0.15) is 6.54 Å². The third-order valence-electron chi connectivity index (χ3n) is 4.48. The first-order chi connectivity index (χ1) is 13.4. The average molecular weight is 384 g/mol. The van der Waals surface area contributed by atoms with Crippen molar-refractivity contribution in [2.75, 3.05) is 7.05 Å². The molecule has 142 valence electrons. The maximum Gasteiger partial charge on any atom is 0.435 e. The van der Waals surface area contributed by atoms with Crippen LogP contribution in [0, 0.1) is 0 Å². The molecule has 5 nitrogen and oxygen atoms in total. The van der Waals surface area contributed by atoms with E-state index in [1.165, 1.54) is 7.05 Å². The Kier molecular flexibility index (Phi) is 4.26. The van der Waals surface area contributed by atoms with E-state index in [1.54, 1.807) is 54.6 Å². The van der Waals surface area contributed by atoms with Crippen molar-refractivity contribution in [1.82, 2.24) is 20.1 Å². The first kappa shape index (κ1) is 18.0. The lowest BCUT2D eigenvalue weighted by Crippen LogP contribution is -2.24. The number of halogens is 3. The predicted molar refractivity (Wildman–Crippen MR) is 99.5 cm³/mol. The zero-order chi connectivity index (χ0) is 19.9. The highest BCUT2D eigenvalue weighted by atomic mass is 19.4. The summed E-state index contributed by atoms with van der Waals surface area (Å²) in [7, 11) is 1.41. The Morgan fingerprint density at radius 3 is 2.43 bits per heavy atom. The molecule has 0 aliphatic rings. The van der Waals surface area contributed by atoms with E-state index in [0.717, 1.165) is 4.68 Å². The van der Waals surface area contributed by atoms with Crippen LogP contribution in [-0.2, 0) is 17.5 Å². The van der Waals surface area contributed by atoms with Crippen LogP contribution >= 0.6 is 0 Å². The second-order valence-corrected chi connectivity index (χ2v) is 6.25. The van der Waals surface area contributed by atoms with Crippen molar-refractivity contribution in [2.24, 2.45) is 0 Å². The van der Waals surface area contributed by atoms with Crippen LogP contribution in [0.25, 0.3) is 33.1 Å². The normalized spacial score (nSPS) is 11.9. The second kappa shape index (κ2) is 6.63. The van der Waals surface area contributed by atoms with Crippen molar-refractivity contribution < 1.29 is 18.0 Å². The number of aromatic nitrogens is 3. The number of para-hydroxylation sites is 1. The number of nitrogens with zero attached hydrogens (tertiary/aromatic N) is 3. The molecule has 4 aromatic rings. The van der Waals surface area contributed by atoms with Gasteiger partial charge in [0, 0.05) is 18.0 Å². The van der Waals surface area contributed by atoms with E-state index < -0.39 is 17.8 Å². The van der Waals surface area contributed by atoms with Crippen LogP contribution in [-0.4, -0.2) is 27.7 Å². The summed E-state index contributed by atoms with van der Waals surface area (Å²) in [6.45, 7) is -0.358. The number of benzene rings is 2. The number of pyridine rings is 1. The lowest BCUT2D eigenvalue weighted by atomic mass is 9.97. The number of fused-ring (bicyclic) bond motifs is 2. The zero-order valence-corrected chi connectivity index (χ0v) is 14.8. The zero-order valence-electron chi connectivity index (χ0n) is 14.8. The van der Waals surface area contributed by atoms with Crippen molar-refractivity contribution in [1.29, 1.82) is 0 Å². The minimum Gasteiger partial charge on any atom is -0.358 e. The van der Waals surface area contributed by atoms with Gasteiger partial charge in [-0.05, 0) is 11.6 Å². The van der Waals surface area contributed by atoms with Crippen LogP contribution in [0.4, 0.5) is 13.2 Å². The van der Waals surface area contributed by atoms with Crippen LogP contribution in [0.3, 0.4) is 0 Å². The molecule has 0 aliphatic heterocycles. The number of likely N-dealkylation sites (N-methyl/N-ethyl adjacent to an activating group) is 1. The number of alkyl halides is 3. The molecule has 1 amide bonds. The van der Waals surface area contributed by atoms with E-state index in [4.69, 9.17) is 0 Å². The summed E-state index contributed by atoms with van der Waals surface area (Å²) in [6, 6.07) is 15.8. The Balaban J connectivity index is 2.18. The summed E-state index contributed by atoms with van der Waals surface area (Å²) in [5.41, 5.74) is 0.519. The summed E-state index contributed by atoms with van der Waals surface area (Å²) in [4.78, 5) is 16.2. The highest BCUT2D eigenvalue weighted by molar-refractivity contribution is 6.10. The second-order valence-electron chi connectivity index (χ2n) is 6.25. The number of hydrogen-bond acceptors (Lipinski definition) is 3. The molecule has 2 aromatic heterocycles. The summed E-state index contributed by atoms with van der Waals surface area (Å²) >= 11 is 0. The number of nitrogens with one attached hydrogen (secondary N) is 1. The fraction of sp³-hybridized carbons (Fsp3) is 0.150. The molecule has 0 saturated heterocycles. The monoisotopic (exact) mass is 384 g/mol. The molecular formula is C20H15F3N4O. The summed E-state index contributed by atoms with van der Waals surface area (Å²) < 4.78 is 42.5. The van der Waals surface area contributed by atoms with E-state index in [9.17, 15) is 18.0 Å². The van der Waals surface area contributed by atoms with Crippen LogP contribution in [0.5, 0.6) is 0 Å². The summed E-state index contributed by atoms with van der Waals surface area (Å²) in [5.74, 6) is -0.464. The molecule has 0 radical (unpaired) electrons. The summed E-state index contributed by atoms with van der Waals surface area (Å²) in [5, 5.41) is 6.61. The molecule has 0 spiro atoms. The van der Waals surface area contributed by atoms with Gasteiger partial charge in [0.25, 0.3) is 0 Å². The smallest absolute Gasteiger partial charge is 0.358 e. The van der Waals surface area contributed by atoms with Crippen LogP contribution < -0.4 is 5.32 Å². The van der Waals surface area contributed by atoms with Gasteiger partial charge in [0.05, 0.1) is 10.9 Å². The van der Waals surface area contributed by atoms with E-state index in [-0.39, 0.29) is 17.6 Å². The molecule has 0 unspecified atom stereocenters. The third-order valence-corrected chi connectivity index (χ3v) is 4.48. The summed E-state index contributed by atoms with van der Waals surface area (Å²) in [6.07, 6.45) is -4.69. The fourth-order valence-electron chi connectivity index (χ4n) is 3.26. The molecule has 0 saturated carbocycles. The van der Waals surface area contributed by atoms with Crippen molar-refractivity contribution in [3.8, 4) is 11.1 Å². The van der Waals surface area contributed by atoms with Gasteiger partial charge < -0.3 is 5.32 Å². The molecule has 0 atom stereocenters. The van der Waals surface area contributed by atoms with Gasteiger partial charge in [0.2, 0.25) is 5.91 Å². The van der Waals surface area contributed by atoms with Gasteiger partial charge in [-0.25, -0.2) is 9.67 Å². The highest BCUT2D eigenvalue weighted by Crippen LogP contribution is 2.41. The van der Waals surface area contributed by atoms with Crippen LogP contribution in [0.2, 0.25) is 0 Å². The highest BCUT2D eigenvalue weighted by Gasteiger charge is 2.39. The van der Waals surface area contributed by atoms with Gasteiger partial charge in [-0.1, -0.05) is 48.5 Å². The molecule has 1 N–H and O–H groups in total. The lowest BCUT2D eigenvalue weighted by Gasteiger charge is -2.11. The molecular weight excluding hydrogens is 369 g/mol. The fourth-order valence-corrected chi connectivity index (χ4v) is 3.26. The molecule has 2 heterocycles. The van der Waals surface area contributed by atoms with E-state index >= 15 is 0 Å². The number of carbonyl (C=O) groups excluding carboxylic acids is 1. The Hall–Kier alpha value is -3.42. The Bertz CT molecular complexity index is 1180. The van der Waals surface area contributed by atoms with Gasteiger partial charge in [-0.2, -0.15) is 18.3 Å². The molecule has 2 aromatic carbocycles. The Labute approximate surface area is 157 Å². The van der Waals surface area contributed by atoms with E-state index in [1.807, 2.05) is 0 Å². The number of hydrogen-bond donors (Lipinski definition) is 1. The minimum absolute atomic E-state index is 0.0217. The van der Waals surface area contributed by atoms with Gasteiger partial charge in [-0.3, -0.25) is 4.79 Å². The standard InChI is InChI=1S/C20H15F3N4O/c1-24-15(28)11-27-19-17(18(26-27)20(21,22)23)16(12-7-3-2-4-8-12)13-9-5-6-10-14(13)25-19/h2-10H,11H2,1H3,(H,24,28). The minimum atomic E-state index is -4.69. The Morgan fingerprint density at radius 1 is 1.07 bits per heavy atom. The van der Waals surface area contributed by atoms with E-state index in [2.05, 4.69) is 15.4 Å². The topological polar surface area (TPSA) is 59.8 Å². The average Bonchev–Trinajstić information content (AvgIpc) is 3.05. The first-order valence-electron chi connectivity index (χ1n) is 8.52. The third kappa shape index (κ3) is 2.96. The van der Waals surface area contributed by atoms with Gasteiger partial charge in [-0.15, -0.1) is 0 Å². The molecule has 0 bridgehead atoms. The molecule has 0 aliphatic carbocycles. The quantitative estimate of drug-likeness (QED) is 0.581. The number of amides is 1. The van der Waals surface area contributed by atoms with Crippen molar-refractivity contribution >= 4 is 27.8 Å². The number of carbonyl (C=O) groups is 1. The SMILES string of the molecule is CNC(=O)Cn1nc(C(F)(F)F)c2c(-c3ccccc3)c3ccccc3nc21. The van der Waals surface area contributed by atoms with Crippen LogP contribution in [0.15, 0.2) is 54.6 Å². The predicted octanol–water partition coefficient (Wildman–Crippen LogP) is 4.02.